The van der Waals surface area contributed by atoms with Crippen LogP contribution in [-0.4, -0.2) is 39.7 Å². The number of hydrogen-bond donors (Lipinski definition) is 3. The quantitative estimate of drug-likeness (QED) is 0.568. The van der Waals surface area contributed by atoms with Crippen LogP contribution < -0.4 is 15.3 Å². The lowest BCUT2D eigenvalue weighted by Crippen LogP contribution is -2.52. The van der Waals surface area contributed by atoms with Crippen LogP contribution in [0.4, 0.5) is 4.79 Å². The van der Waals surface area contributed by atoms with E-state index >= 15 is 0 Å². The molecule has 7 nitrogen and oxygen atoms in total. The predicted molar refractivity (Wildman–Crippen MR) is 130 cm³/mol. The number of carbonyl (C=O) groups is 2. The van der Waals surface area contributed by atoms with Crippen molar-refractivity contribution in [3.8, 4) is 0 Å². The van der Waals surface area contributed by atoms with Gasteiger partial charge in [0, 0.05) is 29.9 Å². The Labute approximate surface area is 196 Å². The second kappa shape index (κ2) is 10.1. The van der Waals surface area contributed by atoms with Crippen molar-refractivity contribution in [1.29, 1.82) is 0 Å². The van der Waals surface area contributed by atoms with Crippen molar-refractivity contribution in [2.24, 2.45) is 15.8 Å². The maximum Gasteiger partial charge on any atom is 0.315 e. The van der Waals surface area contributed by atoms with Gasteiger partial charge in [-0.1, -0.05) is 34.1 Å². The molecular formula is C24H42N4O3S. The van der Waals surface area contributed by atoms with Gasteiger partial charge < -0.3 is 15.7 Å². The summed E-state index contributed by atoms with van der Waals surface area (Å²) in [5.74, 6) is -0.114. The van der Waals surface area contributed by atoms with Crippen LogP contribution in [-0.2, 0) is 16.8 Å². The second-order valence-electron chi connectivity index (χ2n) is 10.9. The van der Waals surface area contributed by atoms with E-state index in [9.17, 15) is 14.7 Å². The molecule has 3 N–H and O–H groups in total. The average molecular weight is 467 g/mol. The van der Waals surface area contributed by atoms with Crippen LogP contribution in [0.5, 0.6) is 0 Å². The molecule has 1 aromatic heterocycles. The zero-order chi connectivity index (χ0) is 24.3. The molecular weight excluding hydrogens is 424 g/mol. The van der Waals surface area contributed by atoms with Gasteiger partial charge in [0.15, 0.2) is 0 Å². The van der Waals surface area contributed by atoms with E-state index in [4.69, 9.17) is 0 Å². The van der Waals surface area contributed by atoms with Gasteiger partial charge in [-0.25, -0.2) is 9.79 Å². The highest BCUT2D eigenvalue weighted by molar-refractivity contribution is 7.04. The van der Waals surface area contributed by atoms with E-state index in [-0.39, 0.29) is 30.1 Å². The van der Waals surface area contributed by atoms with Crippen LogP contribution in [0.15, 0.2) is 11.2 Å². The van der Waals surface area contributed by atoms with Gasteiger partial charge in [-0.3, -0.25) is 8.75 Å². The van der Waals surface area contributed by atoms with Crippen LogP contribution in [0.1, 0.15) is 86.6 Å². The third-order valence-electron chi connectivity index (χ3n) is 6.96. The zero-order valence-corrected chi connectivity index (χ0v) is 21.9. The Morgan fingerprint density at radius 1 is 1.34 bits per heavy atom. The first-order valence-electron chi connectivity index (χ1n) is 11.8. The number of urea groups is 1. The summed E-state index contributed by atoms with van der Waals surface area (Å²) in [6, 6.07) is -0.466. The standard InChI is InChI=1S/C24H42N4O3S/c1-9-10-11-17-15-28(22(3,4)5)32-19(17)27-20(30)24(8)13-12-18(23(24,6)7)26-21(31)25-14-16(2)29/h15-16,18,29H,9-14H2,1-8H3,(H2,25,26,31)/b27-19-/t16-,18+,24+/m1/s1. The van der Waals surface area contributed by atoms with Crippen LogP contribution in [0.2, 0.25) is 0 Å². The van der Waals surface area contributed by atoms with Crippen molar-refractivity contribution in [2.75, 3.05) is 6.54 Å². The number of carbonyl (C=O) groups excluding carboxylic acids is 2. The summed E-state index contributed by atoms with van der Waals surface area (Å²) in [6.07, 6.45) is 5.98. The molecule has 0 spiro atoms. The minimum absolute atomic E-state index is 0.0621. The van der Waals surface area contributed by atoms with Crippen LogP contribution in [0.3, 0.4) is 0 Å². The number of aromatic nitrogens is 1. The van der Waals surface area contributed by atoms with Gasteiger partial charge in [0.2, 0.25) is 0 Å². The predicted octanol–water partition coefficient (Wildman–Crippen LogP) is 3.95. The smallest absolute Gasteiger partial charge is 0.315 e. The molecule has 1 saturated carbocycles. The van der Waals surface area contributed by atoms with Gasteiger partial charge in [-0.2, -0.15) is 0 Å². The number of rotatable bonds is 7. The van der Waals surface area contributed by atoms with E-state index < -0.39 is 16.9 Å². The highest BCUT2D eigenvalue weighted by atomic mass is 32.1. The van der Waals surface area contributed by atoms with Crippen LogP contribution in [0, 0.1) is 10.8 Å². The number of nitrogens with one attached hydrogen (secondary N) is 2. The lowest BCUT2D eigenvalue weighted by atomic mass is 9.67. The summed E-state index contributed by atoms with van der Waals surface area (Å²) in [4.78, 5) is 30.5. The van der Waals surface area contributed by atoms with E-state index in [0.29, 0.717) is 12.8 Å². The molecule has 0 unspecified atom stereocenters. The first-order valence-corrected chi connectivity index (χ1v) is 12.5. The van der Waals surface area contributed by atoms with E-state index in [2.05, 4.69) is 53.5 Å². The van der Waals surface area contributed by atoms with Gasteiger partial charge in [-0.15, -0.1) is 0 Å². The molecule has 1 fully saturated rings. The molecule has 8 heteroatoms. The zero-order valence-electron chi connectivity index (χ0n) is 21.0. The molecule has 0 bridgehead atoms. The first kappa shape index (κ1) is 26.6. The molecule has 32 heavy (non-hydrogen) atoms. The number of aliphatic hydroxyl groups excluding tert-OH is 1. The highest BCUT2D eigenvalue weighted by Crippen LogP contribution is 2.53. The van der Waals surface area contributed by atoms with Gasteiger partial charge in [0.05, 0.1) is 11.5 Å². The lowest BCUT2D eigenvalue weighted by Gasteiger charge is -2.39. The number of hydrogen-bond acceptors (Lipinski definition) is 4. The molecule has 0 radical (unpaired) electrons. The van der Waals surface area contributed by atoms with Crippen molar-refractivity contribution in [2.45, 2.75) is 105 Å². The van der Waals surface area contributed by atoms with E-state index in [0.717, 1.165) is 29.5 Å². The summed E-state index contributed by atoms with van der Waals surface area (Å²) in [7, 11) is 0. The molecule has 182 valence electrons. The van der Waals surface area contributed by atoms with Crippen molar-refractivity contribution < 1.29 is 14.7 Å². The molecule has 3 amide bonds. The summed E-state index contributed by atoms with van der Waals surface area (Å²) in [5.41, 5.74) is -0.0654. The minimum Gasteiger partial charge on any atom is -0.392 e. The largest absolute Gasteiger partial charge is 0.392 e. The van der Waals surface area contributed by atoms with Gasteiger partial charge in [0.1, 0.15) is 4.67 Å². The number of nitrogens with zero attached hydrogens (tertiary/aromatic N) is 2. The summed E-state index contributed by atoms with van der Waals surface area (Å²) in [5, 5.41) is 15.1. The molecule has 1 aliphatic carbocycles. The molecule has 1 aromatic rings. The number of amides is 3. The lowest BCUT2D eigenvalue weighted by molar-refractivity contribution is -0.131. The van der Waals surface area contributed by atoms with Crippen LogP contribution >= 0.6 is 11.5 Å². The maximum absolute atomic E-state index is 13.6. The molecule has 1 heterocycles. The molecule has 2 rings (SSSR count). The van der Waals surface area contributed by atoms with Crippen molar-refractivity contribution in [1.82, 2.24) is 14.6 Å². The Morgan fingerprint density at radius 3 is 2.56 bits per heavy atom. The average Bonchev–Trinajstić information content (AvgIpc) is 3.19. The third-order valence-corrected chi connectivity index (χ3v) is 8.33. The van der Waals surface area contributed by atoms with E-state index in [1.165, 1.54) is 0 Å². The molecule has 0 aliphatic heterocycles. The van der Waals surface area contributed by atoms with Gasteiger partial charge in [0.25, 0.3) is 5.91 Å². The normalized spacial score (nSPS) is 24.4. The van der Waals surface area contributed by atoms with E-state index in [1.807, 2.05) is 20.8 Å². The fourth-order valence-corrected chi connectivity index (χ4v) is 5.17. The summed E-state index contributed by atoms with van der Waals surface area (Å²) < 4.78 is 2.99. The molecule has 0 aromatic carbocycles. The Balaban J connectivity index is 2.29. The first-order chi connectivity index (χ1) is 14.7. The van der Waals surface area contributed by atoms with Crippen molar-refractivity contribution in [3.63, 3.8) is 0 Å². The number of aliphatic hydroxyl groups is 1. The Hall–Kier alpha value is -1.67. The molecule has 0 saturated heterocycles. The minimum atomic E-state index is -0.673. The topological polar surface area (TPSA) is 95.7 Å². The fraction of sp³-hybridized carbons (Fsp3) is 0.792. The maximum atomic E-state index is 13.6. The Morgan fingerprint density at radius 2 is 2.00 bits per heavy atom. The number of unbranched alkanes of at least 4 members (excludes halogenated alkanes) is 1. The SMILES string of the molecule is CCCCc1cn(C(C)(C)C)s/c1=N\C(=O)[C@]1(C)CC[C@H](NC(=O)NC[C@@H](C)O)C1(C)C. The Bertz CT molecular complexity index is 879. The van der Waals surface area contributed by atoms with Crippen molar-refractivity contribution >= 4 is 23.5 Å². The third kappa shape index (κ3) is 5.81. The van der Waals surface area contributed by atoms with E-state index in [1.54, 1.807) is 18.5 Å². The Kier molecular flexibility index (Phi) is 8.37. The summed E-state index contributed by atoms with van der Waals surface area (Å²) in [6.45, 7) is 16.5. The molecule has 1 aliphatic rings. The van der Waals surface area contributed by atoms with Crippen molar-refractivity contribution in [3.05, 3.63) is 16.4 Å². The highest BCUT2D eigenvalue weighted by Gasteiger charge is 2.56. The second-order valence-corrected chi connectivity index (χ2v) is 11.9. The fourth-order valence-electron chi connectivity index (χ4n) is 4.14. The van der Waals surface area contributed by atoms with Crippen LogP contribution in [0.25, 0.3) is 0 Å². The number of aryl methyl sites for hydroxylation is 1. The monoisotopic (exact) mass is 466 g/mol. The van der Waals surface area contributed by atoms with Gasteiger partial charge in [-0.05, 0) is 70.3 Å². The summed E-state index contributed by atoms with van der Waals surface area (Å²) >= 11 is 1.55. The molecule has 3 atom stereocenters. The van der Waals surface area contributed by atoms with Gasteiger partial charge >= 0.3 is 6.03 Å².